The molecule has 0 amide bonds. The van der Waals surface area contributed by atoms with Gasteiger partial charge in [-0.3, -0.25) is 9.59 Å². The predicted octanol–water partition coefficient (Wildman–Crippen LogP) is 1.84. The molecule has 1 heterocycles. The molecule has 98 valence electrons. The molecular formula is C14H18O4. The summed E-state index contributed by atoms with van der Waals surface area (Å²) in [5, 5.41) is 0. The van der Waals surface area contributed by atoms with Gasteiger partial charge in [-0.15, -0.1) is 0 Å². The number of cyclic esters (lactones) is 1. The number of carbonyl (C=O) groups excluding carboxylic acids is 2. The minimum atomic E-state index is -0.669. The number of carbonyl (C=O) groups is 2. The molecule has 0 radical (unpaired) electrons. The average molecular weight is 250 g/mol. The second-order valence-corrected chi connectivity index (χ2v) is 5.90. The lowest BCUT2D eigenvalue weighted by Crippen LogP contribution is -2.42. The van der Waals surface area contributed by atoms with Crippen LogP contribution < -0.4 is 0 Å². The Kier molecular flexibility index (Phi) is 2.68. The molecule has 0 aromatic heterocycles. The zero-order valence-corrected chi connectivity index (χ0v) is 10.6. The van der Waals surface area contributed by atoms with Crippen molar-refractivity contribution in [1.82, 2.24) is 0 Å². The van der Waals surface area contributed by atoms with Crippen LogP contribution in [-0.4, -0.2) is 24.1 Å². The highest BCUT2D eigenvalue weighted by Gasteiger charge is 2.44. The zero-order chi connectivity index (χ0) is 12.8. The van der Waals surface area contributed by atoms with Gasteiger partial charge in [0.15, 0.2) is 0 Å². The molecule has 2 fully saturated rings. The quantitative estimate of drug-likeness (QED) is 0.554. The molecule has 4 atom stereocenters. The van der Waals surface area contributed by atoms with Crippen molar-refractivity contribution in [3.05, 3.63) is 12.2 Å². The Labute approximate surface area is 106 Å². The van der Waals surface area contributed by atoms with Crippen LogP contribution >= 0.6 is 0 Å². The van der Waals surface area contributed by atoms with Gasteiger partial charge < -0.3 is 9.47 Å². The third-order valence-electron chi connectivity index (χ3n) is 4.34. The van der Waals surface area contributed by atoms with E-state index in [1.807, 2.05) is 6.92 Å². The second-order valence-electron chi connectivity index (χ2n) is 5.90. The van der Waals surface area contributed by atoms with Crippen molar-refractivity contribution >= 4 is 11.9 Å². The molecule has 4 unspecified atom stereocenters. The summed E-state index contributed by atoms with van der Waals surface area (Å²) in [6, 6.07) is 0. The van der Waals surface area contributed by atoms with Crippen LogP contribution in [0.3, 0.4) is 0 Å². The highest BCUT2D eigenvalue weighted by atomic mass is 16.6. The van der Waals surface area contributed by atoms with Gasteiger partial charge in [0.25, 0.3) is 0 Å². The van der Waals surface area contributed by atoms with Gasteiger partial charge in [-0.05, 0) is 31.6 Å². The molecule has 1 saturated carbocycles. The molecule has 1 saturated heterocycles. The fourth-order valence-corrected chi connectivity index (χ4v) is 3.28. The molecule has 0 aromatic rings. The smallest absolute Gasteiger partial charge is 0.310 e. The summed E-state index contributed by atoms with van der Waals surface area (Å²) < 4.78 is 10.5. The first-order chi connectivity index (χ1) is 8.56. The maximum atomic E-state index is 12.2. The van der Waals surface area contributed by atoms with Crippen molar-refractivity contribution in [2.45, 2.75) is 38.2 Å². The van der Waals surface area contributed by atoms with Crippen LogP contribution in [0.25, 0.3) is 0 Å². The molecule has 4 heteroatoms. The van der Waals surface area contributed by atoms with Crippen LogP contribution in [-0.2, 0) is 19.1 Å². The van der Waals surface area contributed by atoms with E-state index in [4.69, 9.17) is 9.47 Å². The molecule has 0 spiro atoms. The van der Waals surface area contributed by atoms with Gasteiger partial charge in [0.05, 0.1) is 18.9 Å². The summed E-state index contributed by atoms with van der Waals surface area (Å²) in [5.74, 6) is 0.488. The number of hydrogen-bond acceptors (Lipinski definition) is 4. The SMILES string of the molecule is CC1(OC(=O)C2CC3C=CC2C3)CCOC(=O)C1. The number of ether oxygens (including phenoxy) is 2. The molecular weight excluding hydrogens is 232 g/mol. The highest BCUT2D eigenvalue weighted by Crippen LogP contribution is 2.44. The number of allylic oxidation sites excluding steroid dienone is 2. The standard InChI is InChI=1S/C14H18O4/c1-14(4-5-17-12(15)8-14)18-13(16)11-7-9-2-3-10(11)6-9/h2-3,9-11H,4-8H2,1H3. The van der Waals surface area contributed by atoms with Crippen molar-refractivity contribution in [2.75, 3.05) is 6.61 Å². The van der Waals surface area contributed by atoms with E-state index < -0.39 is 5.60 Å². The Morgan fingerprint density at radius 1 is 1.44 bits per heavy atom. The summed E-state index contributed by atoms with van der Waals surface area (Å²) in [7, 11) is 0. The van der Waals surface area contributed by atoms with Gasteiger partial charge in [-0.25, -0.2) is 0 Å². The third-order valence-corrected chi connectivity index (χ3v) is 4.34. The van der Waals surface area contributed by atoms with Gasteiger partial charge in [-0.2, -0.15) is 0 Å². The van der Waals surface area contributed by atoms with Gasteiger partial charge >= 0.3 is 11.9 Å². The predicted molar refractivity (Wildman–Crippen MR) is 63.5 cm³/mol. The van der Waals surface area contributed by atoms with Crippen molar-refractivity contribution in [1.29, 1.82) is 0 Å². The first-order valence-electron chi connectivity index (χ1n) is 6.62. The monoisotopic (exact) mass is 250 g/mol. The van der Waals surface area contributed by atoms with Gasteiger partial charge in [0.2, 0.25) is 0 Å². The summed E-state index contributed by atoms with van der Waals surface area (Å²) in [5.41, 5.74) is -0.669. The molecule has 1 aliphatic heterocycles. The van der Waals surface area contributed by atoms with Crippen LogP contribution in [0.15, 0.2) is 12.2 Å². The van der Waals surface area contributed by atoms with Crippen molar-refractivity contribution in [2.24, 2.45) is 17.8 Å². The zero-order valence-electron chi connectivity index (χ0n) is 10.6. The molecule has 0 aromatic carbocycles. The highest BCUT2D eigenvalue weighted by molar-refractivity contribution is 5.76. The van der Waals surface area contributed by atoms with E-state index in [2.05, 4.69) is 12.2 Å². The van der Waals surface area contributed by atoms with Gasteiger partial charge in [0, 0.05) is 6.42 Å². The summed E-state index contributed by atoms with van der Waals surface area (Å²) in [6.45, 7) is 2.17. The third kappa shape index (κ3) is 2.04. The van der Waals surface area contributed by atoms with Gasteiger partial charge in [0.1, 0.15) is 5.60 Å². The van der Waals surface area contributed by atoms with E-state index in [0.717, 1.165) is 12.8 Å². The Bertz CT molecular complexity index is 414. The molecule has 2 aliphatic carbocycles. The van der Waals surface area contributed by atoms with Crippen molar-refractivity contribution in [3.63, 3.8) is 0 Å². The summed E-state index contributed by atoms with van der Waals surface area (Å²) >= 11 is 0. The topological polar surface area (TPSA) is 52.6 Å². The summed E-state index contributed by atoms with van der Waals surface area (Å²) in [6.07, 6.45) is 7.10. The Hall–Kier alpha value is -1.32. The molecule has 3 aliphatic rings. The van der Waals surface area contributed by atoms with Crippen LogP contribution in [0.4, 0.5) is 0 Å². The molecule has 2 bridgehead atoms. The number of rotatable bonds is 2. The lowest BCUT2D eigenvalue weighted by Gasteiger charge is -2.33. The van der Waals surface area contributed by atoms with Crippen LogP contribution in [0.2, 0.25) is 0 Å². The molecule has 4 nitrogen and oxygen atoms in total. The minimum absolute atomic E-state index is 0.00484. The average Bonchev–Trinajstić information content (AvgIpc) is 2.89. The Morgan fingerprint density at radius 3 is 2.89 bits per heavy atom. The maximum absolute atomic E-state index is 12.2. The molecule has 0 N–H and O–H groups in total. The lowest BCUT2D eigenvalue weighted by atomic mass is 9.92. The first kappa shape index (κ1) is 11.8. The van der Waals surface area contributed by atoms with Crippen molar-refractivity contribution < 1.29 is 19.1 Å². The summed E-state index contributed by atoms with van der Waals surface area (Å²) in [4.78, 5) is 23.5. The molecule has 3 rings (SSSR count). The van der Waals surface area contributed by atoms with E-state index in [1.54, 1.807) is 0 Å². The van der Waals surface area contributed by atoms with E-state index in [0.29, 0.717) is 24.9 Å². The van der Waals surface area contributed by atoms with Crippen molar-refractivity contribution in [3.8, 4) is 0 Å². The number of fused-ring (bicyclic) bond motifs is 2. The maximum Gasteiger partial charge on any atom is 0.310 e. The van der Waals surface area contributed by atoms with Gasteiger partial charge in [-0.1, -0.05) is 12.2 Å². The van der Waals surface area contributed by atoms with Crippen LogP contribution in [0, 0.1) is 17.8 Å². The molecule has 18 heavy (non-hydrogen) atoms. The largest absolute Gasteiger partial charge is 0.465 e. The minimum Gasteiger partial charge on any atom is -0.465 e. The Balaban J connectivity index is 1.64. The lowest BCUT2D eigenvalue weighted by molar-refractivity contribution is -0.178. The van der Waals surface area contributed by atoms with Crippen LogP contribution in [0.1, 0.15) is 32.6 Å². The first-order valence-corrected chi connectivity index (χ1v) is 6.62. The van der Waals surface area contributed by atoms with Crippen LogP contribution in [0.5, 0.6) is 0 Å². The van der Waals surface area contributed by atoms with E-state index in [9.17, 15) is 9.59 Å². The second kappa shape index (κ2) is 4.11. The fraction of sp³-hybridized carbons (Fsp3) is 0.714. The number of esters is 2. The van der Waals surface area contributed by atoms with E-state index in [1.165, 1.54) is 0 Å². The normalized spacial score (nSPS) is 41.8. The van der Waals surface area contributed by atoms with E-state index >= 15 is 0 Å². The Morgan fingerprint density at radius 2 is 2.28 bits per heavy atom. The fourth-order valence-electron chi connectivity index (χ4n) is 3.28. The van der Waals surface area contributed by atoms with E-state index in [-0.39, 0.29) is 24.3 Å². The number of hydrogen-bond donors (Lipinski definition) is 0.